The van der Waals surface area contributed by atoms with Gasteiger partial charge in [0.15, 0.2) is 11.5 Å². The van der Waals surface area contributed by atoms with Crippen LogP contribution in [0.15, 0.2) is 36.9 Å². The maximum Gasteiger partial charge on any atom is 0.273 e. The third-order valence-corrected chi connectivity index (χ3v) is 5.04. The van der Waals surface area contributed by atoms with Crippen LogP contribution in [-0.2, 0) is 4.79 Å². The van der Waals surface area contributed by atoms with E-state index in [0.717, 1.165) is 12.8 Å². The van der Waals surface area contributed by atoms with Crippen molar-refractivity contribution in [2.24, 2.45) is 5.73 Å². The van der Waals surface area contributed by atoms with Crippen LogP contribution in [0.2, 0.25) is 5.02 Å². The molecule has 0 radical (unpaired) electrons. The fourth-order valence-electron chi connectivity index (χ4n) is 3.24. The normalized spacial score (nSPS) is 18.8. The smallest absolute Gasteiger partial charge is 0.273 e. The largest absolute Gasteiger partial charge is 0.364 e. The minimum atomic E-state index is -0.748. The zero-order valence-corrected chi connectivity index (χ0v) is 16.7. The molecular formula is C19H22ClN7O2. The van der Waals surface area contributed by atoms with Crippen molar-refractivity contribution in [3.63, 3.8) is 0 Å². The fourth-order valence-corrected chi connectivity index (χ4v) is 3.37. The van der Waals surface area contributed by atoms with Gasteiger partial charge in [-0.1, -0.05) is 18.2 Å². The Morgan fingerprint density at radius 2 is 2.03 bits per heavy atom. The average molecular weight is 416 g/mol. The Labute approximate surface area is 173 Å². The van der Waals surface area contributed by atoms with Crippen LogP contribution in [0.5, 0.6) is 0 Å². The van der Waals surface area contributed by atoms with Crippen molar-refractivity contribution in [1.82, 2.24) is 20.1 Å². The number of hydrogen-bond donors (Lipinski definition) is 3. The summed E-state index contributed by atoms with van der Waals surface area (Å²) in [7, 11) is 0. The molecule has 0 saturated carbocycles. The molecule has 0 spiro atoms. The van der Waals surface area contributed by atoms with E-state index in [4.69, 9.17) is 17.3 Å². The lowest BCUT2D eigenvalue weighted by atomic mass is 9.97. The number of nitrogens with one attached hydrogen (secondary N) is 2. The average Bonchev–Trinajstić information content (AvgIpc) is 2.70. The minimum absolute atomic E-state index is 0.0720. The van der Waals surface area contributed by atoms with Crippen LogP contribution < -0.4 is 16.4 Å². The summed E-state index contributed by atoms with van der Waals surface area (Å²) in [6.07, 6.45) is 2.99. The molecule has 2 aromatic rings. The Hall–Kier alpha value is -3.20. The molecule has 10 heteroatoms. The molecule has 9 nitrogen and oxygen atoms in total. The van der Waals surface area contributed by atoms with Gasteiger partial charge < -0.3 is 21.3 Å². The van der Waals surface area contributed by atoms with E-state index in [-0.39, 0.29) is 35.5 Å². The van der Waals surface area contributed by atoms with Crippen molar-refractivity contribution in [1.29, 1.82) is 0 Å². The van der Waals surface area contributed by atoms with Gasteiger partial charge >= 0.3 is 0 Å². The van der Waals surface area contributed by atoms with Gasteiger partial charge in [-0.05, 0) is 50.1 Å². The van der Waals surface area contributed by atoms with E-state index in [1.165, 1.54) is 6.08 Å². The molecule has 2 atom stereocenters. The van der Waals surface area contributed by atoms with Crippen molar-refractivity contribution in [2.45, 2.75) is 31.8 Å². The first-order valence-corrected chi connectivity index (χ1v) is 9.53. The molecule has 3 rings (SSSR count). The first-order chi connectivity index (χ1) is 13.9. The second kappa shape index (κ2) is 8.87. The molecule has 2 amide bonds. The van der Waals surface area contributed by atoms with E-state index in [1.54, 1.807) is 29.2 Å². The highest BCUT2D eigenvalue weighted by Crippen LogP contribution is 2.23. The zero-order valence-electron chi connectivity index (χ0n) is 15.9. The number of amides is 2. The Morgan fingerprint density at radius 1 is 1.31 bits per heavy atom. The van der Waals surface area contributed by atoms with Crippen LogP contribution in [0.4, 0.5) is 17.5 Å². The molecule has 4 N–H and O–H groups in total. The van der Waals surface area contributed by atoms with Gasteiger partial charge in [0.05, 0.1) is 0 Å². The molecular weight excluding hydrogens is 394 g/mol. The predicted octanol–water partition coefficient (Wildman–Crippen LogP) is 2.34. The summed E-state index contributed by atoms with van der Waals surface area (Å²) >= 11 is 5.90. The van der Waals surface area contributed by atoms with Crippen LogP contribution in [0.3, 0.4) is 0 Å². The van der Waals surface area contributed by atoms with Crippen molar-refractivity contribution in [3.05, 3.63) is 47.6 Å². The topological polar surface area (TPSA) is 126 Å². The molecule has 0 unspecified atom stereocenters. The summed E-state index contributed by atoms with van der Waals surface area (Å²) in [6, 6.07) is 6.74. The summed E-state index contributed by atoms with van der Waals surface area (Å²) in [5.41, 5.74) is 5.98. The van der Waals surface area contributed by atoms with E-state index in [1.807, 2.05) is 6.92 Å². The molecule has 29 heavy (non-hydrogen) atoms. The molecule has 1 saturated heterocycles. The number of halogens is 1. The van der Waals surface area contributed by atoms with Gasteiger partial charge in [-0.25, -0.2) is 0 Å². The number of aromatic nitrogens is 3. The van der Waals surface area contributed by atoms with Crippen LogP contribution in [0, 0.1) is 0 Å². The highest BCUT2D eigenvalue weighted by Gasteiger charge is 2.30. The summed E-state index contributed by atoms with van der Waals surface area (Å²) in [5.74, 6) is -0.449. The predicted molar refractivity (Wildman–Crippen MR) is 111 cm³/mol. The van der Waals surface area contributed by atoms with E-state index in [2.05, 4.69) is 32.4 Å². The molecule has 1 aliphatic rings. The minimum Gasteiger partial charge on any atom is -0.364 e. The standard InChI is InChI=1S/C19H22ClN7O2/c1-3-15(28)27-10-4-5-14(11(27)2)23-19-24-18(16(17(21)29)25-26-19)22-13-8-6-12(20)7-9-13/h3,6-9,11,14H,1,4-5,10H2,2H3,(H2,21,29)(H2,22,23,24,26)/t11-,14-/m1/s1. The number of carbonyl (C=O) groups is 2. The molecule has 2 heterocycles. The second-order valence-electron chi connectivity index (χ2n) is 6.70. The first kappa shape index (κ1) is 20.5. The van der Waals surface area contributed by atoms with E-state index in [9.17, 15) is 9.59 Å². The highest BCUT2D eigenvalue weighted by molar-refractivity contribution is 6.30. The maximum atomic E-state index is 12.0. The quantitative estimate of drug-likeness (QED) is 0.618. The molecule has 1 aromatic heterocycles. The number of nitrogens with two attached hydrogens (primary N) is 1. The Bertz CT molecular complexity index is 919. The Kier molecular flexibility index (Phi) is 6.28. The summed E-state index contributed by atoms with van der Waals surface area (Å²) in [6.45, 7) is 6.18. The van der Waals surface area contributed by atoms with E-state index in [0.29, 0.717) is 17.3 Å². The van der Waals surface area contributed by atoms with Crippen LogP contribution in [-0.4, -0.2) is 50.5 Å². The number of nitrogens with zero attached hydrogens (tertiary/aromatic N) is 4. The van der Waals surface area contributed by atoms with Crippen LogP contribution in [0.1, 0.15) is 30.3 Å². The third kappa shape index (κ3) is 4.80. The van der Waals surface area contributed by atoms with Gasteiger partial charge in [-0.15, -0.1) is 10.2 Å². The van der Waals surface area contributed by atoms with Gasteiger partial charge in [0.25, 0.3) is 5.91 Å². The summed E-state index contributed by atoms with van der Waals surface area (Å²) < 4.78 is 0. The SMILES string of the molecule is C=CC(=O)N1CCC[C@@H](Nc2nnc(C(N)=O)c(Nc3ccc(Cl)cc3)n2)[C@H]1C. The number of hydrogen-bond acceptors (Lipinski definition) is 7. The van der Waals surface area contributed by atoms with Crippen LogP contribution >= 0.6 is 11.6 Å². The van der Waals surface area contributed by atoms with Crippen molar-refractivity contribution < 1.29 is 9.59 Å². The maximum absolute atomic E-state index is 12.0. The van der Waals surface area contributed by atoms with Gasteiger partial charge in [0.2, 0.25) is 11.9 Å². The van der Waals surface area contributed by atoms with E-state index < -0.39 is 5.91 Å². The third-order valence-electron chi connectivity index (χ3n) is 4.79. The number of likely N-dealkylation sites (tertiary alicyclic amines) is 1. The fraction of sp³-hybridized carbons (Fsp3) is 0.316. The number of primary amides is 1. The molecule has 1 aromatic carbocycles. The molecule has 1 fully saturated rings. The number of rotatable bonds is 6. The zero-order chi connectivity index (χ0) is 21.0. The van der Waals surface area contributed by atoms with E-state index >= 15 is 0 Å². The highest BCUT2D eigenvalue weighted by atomic mass is 35.5. The van der Waals surface area contributed by atoms with Crippen molar-refractivity contribution in [3.8, 4) is 0 Å². The summed E-state index contributed by atoms with van der Waals surface area (Å²) in [5, 5.41) is 14.7. The first-order valence-electron chi connectivity index (χ1n) is 9.15. The summed E-state index contributed by atoms with van der Waals surface area (Å²) in [4.78, 5) is 29.9. The second-order valence-corrected chi connectivity index (χ2v) is 7.13. The number of piperidine rings is 1. The van der Waals surface area contributed by atoms with Crippen molar-refractivity contribution in [2.75, 3.05) is 17.2 Å². The Balaban J connectivity index is 1.82. The lowest BCUT2D eigenvalue weighted by molar-refractivity contribution is -0.129. The van der Waals surface area contributed by atoms with Crippen molar-refractivity contribution >= 4 is 40.9 Å². The molecule has 0 aliphatic carbocycles. The molecule has 0 bridgehead atoms. The Morgan fingerprint density at radius 3 is 2.69 bits per heavy atom. The number of carbonyl (C=O) groups excluding carboxylic acids is 2. The monoisotopic (exact) mass is 415 g/mol. The molecule has 1 aliphatic heterocycles. The van der Waals surface area contributed by atoms with Gasteiger partial charge in [0.1, 0.15) is 0 Å². The van der Waals surface area contributed by atoms with Gasteiger partial charge in [-0.2, -0.15) is 4.98 Å². The van der Waals surface area contributed by atoms with Gasteiger partial charge in [-0.3, -0.25) is 9.59 Å². The lowest BCUT2D eigenvalue weighted by Gasteiger charge is -2.39. The molecule has 152 valence electrons. The van der Waals surface area contributed by atoms with Gasteiger partial charge in [0, 0.05) is 29.3 Å². The number of anilines is 3. The van der Waals surface area contributed by atoms with Crippen LogP contribution in [0.25, 0.3) is 0 Å². The number of benzene rings is 1. The lowest BCUT2D eigenvalue weighted by Crippen LogP contribution is -2.51.